The number of carboxylic acid groups (broad SMARTS) is 1. The highest BCUT2D eigenvalue weighted by atomic mass is 16.4. The van der Waals surface area contributed by atoms with Crippen LogP contribution in [-0.4, -0.2) is 38.6 Å². The van der Waals surface area contributed by atoms with Crippen molar-refractivity contribution in [3.63, 3.8) is 0 Å². The van der Waals surface area contributed by atoms with Gasteiger partial charge >= 0.3 is 5.97 Å². The summed E-state index contributed by atoms with van der Waals surface area (Å²) in [6.07, 6.45) is 6.21. The minimum Gasteiger partial charge on any atom is -0.478 e. The fourth-order valence-electron chi connectivity index (χ4n) is 3.19. The molecule has 1 aromatic carbocycles. The van der Waals surface area contributed by atoms with Gasteiger partial charge in [0.1, 0.15) is 5.82 Å². The lowest BCUT2D eigenvalue weighted by molar-refractivity contribution is 0.0697. The monoisotopic (exact) mass is 299 g/mol. The number of aromatic nitrogens is 2. The van der Waals surface area contributed by atoms with Crippen molar-refractivity contribution in [3.05, 3.63) is 53.6 Å². The maximum Gasteiger partial charge on any atom is 0.335 e. The summed E-state index contributed by atoms with van der Waals surface area (Å²) in [7, 11) is 2.05. The normalized spacial score (nSPS) is 19.2. The van der Waals surface area contributed by atoms with E-state index in [2.05, 4.69) is 14.5 Å². The van der Waals surface area contributed by atoms with Crippen LogP contribution in [0.1, 0.15) is 40.5 Å². The van der Waals surface area contributed by atoms with Crippen molar-refractivity contribution < 1.29 is 9.90 Å². The van der Waals surface area contributed by atoms with Gasteiger partial charge in [0.2, 0.25) is 0 Å². The molecule has 5 nitrogen and oxygen atoms in total. The highest BCUT2D eigenvalue weighted by Gasteiger charge is 2.24. The van der Waals surface area contributed by atoms with Crippen molar-refractivity contribution in [2.45, 2.75) is 25.3 Å². The van der Waals surface area contributed by atoms with Gasteiger partial charge in [0.25, 0.3) is 0 Å². The summed E-state index contributed by atoms with van der Waals surface area (Å²) in [5, 5.41) is 8.94. The predicted octanol–water partition coefficient (Wildman–Crippen LogP) is 2.50. The van der Waals surface area contributed by atoms with Gasteiger partial charge in [-0.15, -0.1) is 0 Å². The molecule has 0 saturated carbocycles. The lowest BCUT2D eigenvalue weighted by Crippen LogP contribution is -2.34. The Balaban J connectivity index is 1.65. The Kier molecular flexibility index (Phi) is 4.24. The van der Waals surface area contributed by atoms with Crippen molar-refractivity contribution in [1.82, 2.24) is 14.5 Å². The zero-order chi connectivity index (χ0) is 15.5. The average Bonchev–Trinajstić information content (AvgIpc) is 2.94. The lowest BCUT2D eigenvalue weighted by atomic mass is 9.96. The van der Waals surface area contributed by atoms with Crippen LogP contribution in [0, 0.1) is 0 Å². The summed E-state index contributed by atoms with van der Waals surface area (Å²) in [4.78, 5) is 17.8. The average molecular weight is 299 g/mol. The maximum atomic E-state index is 10.9. The largest absolute Gasteiger partial charge is 0.478 e. The van der Waals surface area contributed by atoms with Gasteiger partial charge in [-0.2, -0.15) is 0 Å². The molecule has 0 spiro atoms. The van der Waals surface area contributed by atoms with Crippen LogP contribution in [0.25, 0.3) is 0 Å². The zero-order valence-corrected chi connectivity index (χ0v) is 12.8. The molecule has 2 aromatic rings. The van der Waals surface area contributed by atoms with Crippen LogP contribution in [0.3, 0.4) is 0 Å². The van der Waals surface area contributed by atoms with E-state index >= 15 is 0 Å². The first-order valence-electron chi connectivity index (χ1n) is 7.65. The van der Waals surface area contributed by atoms with Crippen molar-refractivity contribution in [1.29, 1.82) is 0 Å². The van der Waals surface area contributed by atoms with E-state index in [0.717, 1.165) is 31.0 Å². The maximum absolute atomic E-state index is 10.9. The van der Waals surface area contributed by atoms with Gasteiger partial charge in [0.05, 0.1) is 5.56 Å². The molecule has 0 bridgehead atoms. The van der Waals surface area contributed by atoms with E-state index in [1.165, 1.54) is 12.8 Å². The third-order valence-corrected chi connectivity index (χ3v) is 4.34. The highest BCUT2D eigenvalue weighted by Crippen LogP contribution is 2.26. The molecule has 2 heterocycles. The number of benzene rings is 1. The molecule has 0 unspecified atom stereocenters. The van der Waals surface area contributed by atoms with Gasteiger partial charge in [0, 0.05) is 38.4 Å². The summed E-state index contributed by atoms with van der Waals surface area (Å²) in [5.41, 5.74) is 1.50. The van der Waals surface area contributed by atoms with Crippen LogP contribution in [0.2, 0.25) is 0 Å². The fraction of sp³-hybridized carbons (Fsp3) is 0.412. The number of carbonyl (C=O) groups is 1. The molecule has 3 rings (SSSR count). The number of aryl methyl sites for hydroxylation is 1. The van der Waals surface area contributed by atoms with Gasteiger partial charge in [-0.05, 0) is 37.1 Å². The number of hydrogen-bond acceptors (Lipinski definition) is 3. The second-order valence-electron chi connectivity index (χ2n) is 5.97. The topological polar surface area (TPSA) is 58.4 Å². The number of aromatic carboxylic acids is 1. The van der Waals surface area contributed by atoms with Crippen molar-refractivity contribution in [2.75, 3.05) is 13.1 Å². The summed E-state index contributed by atoms with van der Waals surface area (Å²) >= 11 is 0. The minimum absolute atomic E-state index is 0.341. The van der Waals surface area contributed by atoms with E-state index in [-0.39, 0.29) is 0 Å². The number of imidazole rings is 1. The van der Waals surface area contributed by atoms with Crippen molar-refractivity contribution in [2.24, 2.45) is 7.05 Å². The number of piperidine rings is 1. The molecule has 5 heteroatoms. The number of rotatable bonds is 4. The Labute approximate surface area is 130 Å². The van der Waals surface area contributed by atoms with Crippen LogP contribution >= 0.6 is 0 Å². The first-order valence-corrected chi connectivity index (χ1v) is 7.65. The van der Waals surface area contributed by atoms with Crippen LogP contribution in [0.4, 0.5) is 0 Å². The quantitative estimate of drug-likeness (QED) is 0.942. The van der Waals surface area contributed by atoms with E-state index < -0.39 is 5.97 Å². The number of nitrogens with zero attached hydrogens (tertiary/aromatic N) is 3. The highest BCUT2D eigenvalue weighted by molar-refractivity contribution is 5.87. The molecule has 1 N–H and O–H groups in total. The Bertz CT molecular complexity index is 648. The van der Waals surface area contributed by atoms with Crippen LogP contribution < -0.4 is 0 Å². The van der Waals surface area contributed by atoms with Gasteiger partial charge in [-0.1, -0.05) is 12.1 Å². The molecule has 0 radical (unpaired) electrons. The van der Waals surface area contributed by atoms with E-state index in [4.69, 9.17) is 5.11 Å². The second-order valence-corrected chi connectivity index (χ2v) is 5.97. The molecule has 0 aliphatic carbocycles. The van der Waals surface area contributed by atoms with E-state index in [9.17, 15) is 4.79 Å². The molecule has 1 aliphatic rings. The molecular formula is C17H21N3O2. The summed E-state index contributed by atoms with van der Waals surface area (Å²) < 4.78 is 2.11. The Morgan fingerprint density at radius 3 is 2.77 bits per heavy atom. The first kappa shape index (κ1) is 14.8. The third-order valence-electron chi connectivity index (χ3n) is 4.34. The summed E-state index contributed by atoms with van der Waals surface area (Å²) in [5.74, 6) is 0.761. The van der Waals surface area contributed by atoms with Gasteiger partial charge < -0.3 is 9.67 Å². The predicted molar refractivity (Wildman–Crippen MR) is 83.9 cm³/mol. The number of likely N-dealkylation sites (tertiary alicyclic amines) is 1. The standard InChI is InChI=1S/C17H21N3O2/c1-19-10-8-18-16(19)15-3-2-9-20(12-15)11-13-4-6-14(7-5-13)17(21)22/h4-8,10,15H,2-3,9,11-12H2,1H3,(H,21,22)/t15-/m1/s1. The molecule has 116 valence electrons. The molecule has 1 saturated heterocycles. The molecule has 1 aliphatic heterocycles. The van der Waals surface area contributed by atoms with Crippen molar-refractivity contribution in [3.8, 4) is 0 Å². The summed E-state index contributed by atoms with van der Waals surface area (Å²) in [6.45, 7) is 2.95. The molecule has 22 heavy (non-hydrogen) atoms. The molecule has 0 amide bonds. The first-order chi connectivity index (χ1) is 10.6. The van der Waals surface area contributed by atoms with E-state index in [0.29, 0.717) is 11.5 Å². The third kappa shape index (κ3) is 3.20. The second kappa shape index (κ2) is 6.32. The van der Waals surface area contributed by atoms with Crippen LogP contribution in [0.5, 0.6) is 0 Å². The Hall–Kier alpha value is -2.14. The SMILES string of the molecule is Cn1ccnc1[C@@H]1CCCN(Cc2ccc(C(=O)O)cc2)C1. The summed E-state index contributed by atoms with van der Waals surface area (Å²) in [6, 6.07) is 7.18. The molecule has 1 aromatic heterocycles. The molecular weight excluding hydrogens is 278 g/mol. The van der Waals surface area contributed by atoms with Gasteiger partial charge in [-0.3, -0.25) is 4.90 Å². The number of hydrogen-bond donors (Lipinski definition) is 1. The molecule has 1 fully saturated rings. The Morgan fingerprint density at radius 2 is 2.14 bits per heavy atom. The number of carboxylic acids is 1. The van der Waals surface area contributed by atoms with Crippen LogP contribution in [0.15, 0.2) is 36.7 Å². The minimum atomic E-state index is -0.876. The Morgan fingerprint density at radius 1 is 1.36 bits per heavy atom. The van der Waals surface area contributed by atoms with Gasteiger partial charge in [-0.25, -0.2) is 9.78 Å². The zero-order valence-electron chi connectivity index (χ0n) is 12.8. The molecule has 1 atom stereocenters. The fourth-order valence-corrected chi connectivity index (χ4v) is 3.19. The van der Waals surface area contributed by atoms with E-state index in [1.807, 2.05) is 31.6 Å². The van der Waals surface area contributed by atoms with Crippen LogP contribution in [-0.2, 0) is 13.6 Å². The van der Waals surface area contributed by atoms with E-state index in [1.54, 1.807) is 12.1 Å². The smallest absolute Gasteiger partial charge is 0.335 e. The van der Waals surface area contributed by atoms with Crippen molar-refractivity contribution >= 4 is 5.97 Å². The van der Waals surface area contributed by atoms with Gasteiger partial charge in [0.15, 0.2) is 0 Å². The lowest BCUT2D eigenvalue weighted by Gasteiger charge is -2.32.